The number of amides is 1. The van der Waals surface area contributed by atoms with Crippen LogP contribution in [0.3, 0.4) is 0 Å². The second-order valence-electron chi connectivity index (χ2n) is 3.16. The molecule has 0 bridgehead atoms. The summed E-state index contributed by atoms with van der Waals surface area (Å²) in [5.74, 6) is -1.73. The van der Waals surface area contributed by atoms with Crippen LogP contribution in [0.25, 0.3) is 0 Å². The van der Waals surface area contributed by atoms with Crippen LogP contribution in [0.4, 0.5) is 4.39 Å². The normalized spacial score (nSPS) is 11.9. The smallest absolute Gasteiger partial charge is 0.326 e. The van der Waals surface area contributed by atoms with Crippen molar-refractivity contribution in [2.75, 3.05) is 0 Å². The van der Waals surface area contributed by atoms with E-state index in [-0.39, 0.29) is 11.4 Å². The van der Waals surface area contributed by atoms with Crippen molar-refractivity contribution in [2.24, 2.45) is 0 Å². The number of carbonyl (C=O) groups excluding carboxylic acids is 1. The molecule has 0 saturated heterocycles. The molecule has 0 spiro atoms. The van der Waals surface area contributed by atoms with E-state index in [1.807, 2.05) is 0 Å². The van der Waals surface area contributed by atoms with Crippen LogP contribution >= 0.6 is 11.6 Å². The molecule has 0 fully saturated rings. The van der Waals surface area contributed by atoms with Gasteiger partial charge in [-0.15, -0.1) is 0 Å². The zero-order valence-electron chi connectivity index (χ0n) is 8.11. The van der Waals surface area contributed by atoms with Gasteiger partial charge in [-0.2, -0.15) is 0 Å². The Bertz CT molecular complexity index is 391. The lowest BCUT2D eigenvalue weighted by molar-refractivity contribution is -0.140. The molecule has 6 heteroatoms. The summed E-state index contributed by atoms with van der Waals surface area (Å²) in [7, 11) is 0. The van der Waals surface area contributed by atoms with E-state index in [1.54, 1.807) is 0 Å². The minimum absolute atomic E-state index is 0.0223. The zero-order chi connectivity index (χ0) is 12.1. The molecule has 16 heavy (non-hydrogen) atoms. The topological polar surface area (TPSA) is 66.4 Å². The lowest BCUT2D eigenvalue weighted by Gasteiger charge is -2.11. The first-order valence-electron chi connectivity index (χ1n) is 4.40. The van der Waals surface area contributed by atoms with Gasteiger partial charge in [0.1, 0.15) is 11.9 Å². The first kappa shape index (κ1) is 12.4. The highest BCUT2D eigenvalue weighted by Gasteiger charge is 2.17. The standard InChI is InChI=1S/C10H9ClFNO3/c11-7-1-6(2-8(12)4-7)3-9(10(15)16)13-5-14/h1-2,4-5,9H,3H2,(H,13,14)(H,15,16). The predicted octanol–water partition coefficient (Wildman–Crippen LogP) is 1.22. The molecule has 0 heterocycles. The summed E-state index contributed by atoms with van der Waals surface area (Å²) in [5, 5.41) is 11.1. The third-order valence-corrected chi connectivity index (χ3v) is 2.15. The molecular weight excluding hydrogens is 237 g/mol. The predicted molar refractivity (Wildman–Crippen MR) is 55.7 cm³/mol. The lowest BCUT2D eigenvalue weighted by atomic mass is 10.1. The number of hydrogen-bond donors (Lipinski definition) is 2. The Morgan fingerprint density at radius 2 is 2.25 bits per heavy atom. The highest BCUT2D eigenvalue weighted by Crippen LogP contribution is 2.15. The molecule has 1 atom stereocenters. The van der Waals surface area contributed by atoms with Crippen molar-refractivity contribution in [3.8, 4) is 0 Å². The van der Waals surface area contributed by atoms with Gasteiger partial charge in [0.05, 0.1) is 0 Å². The molecule has 1 aromatic rings. The first-order chi connectivity index (χ1) is 7.52. The van der Waals surface area contributed by atoms with Crippen LogP contribution < -0.4 is 5.32 Å². The summed E-state index contributed by atoms with van der Waals surface area (Å²) >= 11 is 5.61. The van der Waals surface area contributed by atoms with Crippen molar-refractivity contribution in [3.05, 3.63) is 34.6 Å². The average molecular weight is 246 g/mol. The van der Waals surface area contributed by atoms with Gasteiger partial charge in [-0.1, -0.05) is 11.6 Å². The Balaban J connectivity index is 2.84. The Morgan fingerprint density at radius 3 is 2.75 bits per heavy atom. The van der Waals surface area contributed by atoms with E-state index in [2.05, 4.69) is 5.32 Å². The molecule has 1 unspecified atom stereocenters. The van der Waals surface area contributed by atoms with Gasteiger partial charge in [-0.3, -0.25) is 4.79 Å². The number of carboxylic acid groups (broad SMARTS) is 1. The van der Waals surface area contributed by atoms with E-state index in [4.69, 9.17) is 16.7 Å². The van der Waals surface area contributed by atoms with E-state index < -0.39 is 17.8 Å². The van der Waals surface area contributed by atoms with E-state index in [0.717, 1.165) is 6.07 Å². The Morgan fingerprint density at radius 1 is 1.56 bits per heavy atom. The molecule has 1 amide bonds. The number of carboxylic acids is 1. The van der Waals surface area contributed by atoms with Crippen LogP contribution in [-0.2, 0) is 16.0 Å². The number of benzene rings is 1. The summed E-state index contributed by atoms with van der Waals surface area (Å²) in [5.41, 5.74) is 0.409. The number of rotatable bonds is 5. The summed E-state index contributed by atoms with van der Waals surface area (Å²) in [4.78, 5) is 20.9. The molecule has 86 valence electrons. The van der Waals surface area contributed by atoms with Gasteiger partial charge in [0.25, 0.3) is 0 Å². The third-order valence-electron chi connectivity index (χ3n) is 1.93. The summed E-state index contributed by atoms with van der Waals surface area (Å²) in [6.07, 6.45) is 0.269. The second kappa shape index (κ2) is 5.46. The van der Waals surface area contributed by atoms with Crippen molar-refractivity contribution in [1.29, 1.82) is 0 Å². The molecule has 4 nitrogen and oxygen atoms in total. The lowest BCUT2D eigenvalue weighted by Crippen LogP contribution is -2.37. The van der Waals surface area contributed by atoms with Crippen LogP contribution in [0.1, 0.15) is 5.56 Å². The Labute approximate surface area is 96.0 Å². The number of halogens is 2. The van der Waals surface area contributed by atoms with E-state index in [1.165, 1.54) is 12.1 Å². The van der Waals surface area contributed by atoms with Crippen molar-refractivity contribution in [1.82, 2.24) is 5.32 Å². The molecule has 0 radical (unpaired) electrons. The highest BCUT2D eigenvalue weighted by molar-refractivity contribution is 6.30. The van der Waals surface area contributed by atoms with E-state index in [9.17, 15) is 14.0 Å². The van der Waals surface area contributed by atoms with Crippen molar-refractivity contribution in [2.45, 2.75) is 12.5 Å². The van der Waals surface area contributed by atoms with Crippen LogP contribution in [0.15, 0.2) is 18.2 Å². The second-order valence-corrected chi connectivity index (χ2v) is 3.59. The maximum absolute atomic E-state index is 12.9. The van der Waals surface area contributed by atoms with Crippen LogP contribution in [0.5, 0.6) is 0 Å². The van der Waals surface area contributed by atoms with Gasteiger partial charge in [0, 0.05) is 11.4 Å². The van der Waals surface area contributed by atoms with Crippen LogP contribution in [0, 0.1) is 5.82 Å². The molecule has 0 aliphatic heterocycles. The minimum atomic E-state index is -1.19. The monoisotopic (exact) mass is 245 g/mol. The molecular formula is C10H9ClFNO3. The van der Waals surface area contributed by atoms with E-state index in [0.29, 0.717) is 12.0 Å². The Hall–Kier alpha value is -1.62. The van der Waals surface area contributed by atoms with E-state index >= 15 is 0 Å². The number of carbonyl (C=O) groups is 2. The maximum Gasteiger partial charge on any atom is 0.326 e. The Kier molecular flexibility index (Phi) is 4.25. The largest absolute Gasteiger partial charge is 0.480 e. The highest BCUT2D eigenvalue weighted by atomic mass is 35.5. The molecule has 1 rings (SSSR count). The summed E-state index contributed by atoms with van der Waals surface area (Å²) in [6.45, 7) is 0. The van der Waals surface area contributed by atoms with Gasteiger partial charge in [-0.05, 0) is 23.8 Å². The molecule has 0 saturated carbocycles. The van der Waals surface area contributed by atoms with Gasteiger partial charge in [0.2, 0.25) is 6.41 Å². The van der Waals surface area contributed by atoms with Crippen molar-refractivity contribution in [3.63, 3.8) is 0 Å². The molecule has 2 N–H and O–H groups in total. The molecule has 0 aliphatic rings. The fraction of sp³-hybridized carbons (Fsp3) is 0.200. The SMILES string of the molecule is O=CNC(Cc1cc(F)cc(Cl)c1)C(=O)O. The molecule has 0 aromatic heterocycles. The average Bonchev–Trinajstić information content (AvgIpc) is 2.15. The van der Waals surface area contributed by atoms with Crippen LogP contribution in [-0.4, -0.2) is 23.5 Å². The fourth-order valence-corrected chi connectivity index (χ4v) is 1.51. The van der Waals surface area contributed by atoms with Gasteiger partial charge in [0.15, 0.2) is 0 Å². The van der Waals surface area contributed by atoms with Crippen LogP contribution in [0.2, 0.25) is 5.02 Å². The van der Waals surface area contributed by atoms with Gasteiger partial charge >= 0.3 is 5.97 Å². The number of aliphatic carboxylic acids is 1. The quantitative estimate of drug-likeness (QED) is 0.767. The maximum atomic E-state index is 12.9. The molecule has 0 aliphatic carbocycles. The summed E-state index contributed by atoms with van der Waals surface area (Å²) < 4.78 is 12.9. The third kappa shape index (κ3) is 3.51. The molecule has 1 aromatic carbocycles. The summed E-state index contributed by atoms with van der Waals surface area (Å²) in [6, 6.07) is 2.66. The zero-order valence-corrected chi connectivity index (χ0v) is 8.87. The number of nitrogens with one attached hydrogen (secondary N) is 1. The first-order valence-corrected chi connectivity index (χ1v) is 4.78. The minimum Gasteiger partial charge on any atom is -0.480 e. The fourth-order valence-electron chi connectivity index (χ4n) is 1.26. The number of hydrogen-bond acceptors (Lipinski definition) is 2. The van der Waals surface area contributed by atoms with Crippen molar-refractivity contribution >= 4 is 24.0 Å². The van der Waals surface area contributed by atoms with Gasteiger partial charge in [-0.25, -0.2) is 9.18 Å². The van der Waals surface area contributed by atoms with Gasteiger partial charge < -0.3 is 10.4 Å². The van der Waals surface area contributed by atoms with Crippen molar-refractivity contribution < 1.29 is 19.1 Å².